The van der Waals surface area contributed by atoms with E-state index in [9.17, 15) is 9.90 Å². The van der Waals surface area contributed by atoms with Gasteiger partial charge in [-0.2, -0.15) is 0 Å². The van der Waals surface area contributed by atoms with E-state index in [4.69, 9.17) is 0 Å². The lowest BCUT2D eigenvalue weighted by molar-refractivity contribution is -0.127. The first kappa shape index (κ1) is 11.4. The van der Waals surface area contributed by atoms with Crippen LogP contribution in [0.1, 0.15) is 19.3 Å². The van der Waals surface area contributed by atoms with Crippen LogP contribution < -0.4 is 0 Å². The van der Waals surface area contributed by atoms with Crippen molar-refractivity contribution in [3.63, 3.8) is 0 Å². The first-order chi connectivity index (χ1) is 7.75. The first-order valence-corrected chi connectivity index (χ1v) is 5.89. The molecule has 2 aliphatic rings. The summed E-state index contributed by atoms with van der Waals surface area (Å²) >= 11 is 0. The summed E-state index contributed by atoms with van der Waals surface area (Å²) < 4.78 is 0. The molecule has 0 aliphatic carbocycles. The summed E-state index contributed by atoms with van der Waals surface area (Å²) in [5, 5.41) is 9.32. The first-order valence-electron chi connectivity index (χ1n) is 5.89. The van der Waals surface area contributed by atoms with Crippen LogP contribution in [0.15, 0.2) is 0 Å². The van der Waals surface area contributed by atoms with Crippen LogP contribution in [0.4, 0.5) is 0 Å². The average molecular weight is 222 g/mol. The molecule has 0 aromatic carbocycles. The number of β-amino-alcohol motifs (C(OH)–C–C–N with tert-alkyl or cyclic N) is 1. The minimum absolute atomic E-state index is 0.179. The second-order valence-corrected chi connectivity index (χ2v) is 4.45. The summed E-state index contributed by atoms with van der Waals surface area (Å²) in [5.74, 6) is 6.33. The van der Waals surface area contributed by atoms with E-state index in [0.717, 1.165) is 32.5 Å². The summed E-state index contributed by atoms with van der Waals surface area (Å²) in [6, 6.07) is 0. The lowest BCUT2D eigenvalue weighted by Crippen LogP contribution is -2.25. The van der Waals surface area contributed by atoms with Crippen LogP contribution in [0, 0.1) is 11.8 Å². The Labute approximate surface area is 96.2 Å². The highest BCUT2D eigenvalue weighted by Crippen LogP contribution is 2.08. The van der Waals surface area contributed by atoms with Crippen LogP contribution >= 0.6 is 0 Å². The van der Waals surface area contributed by atoms with Crippen molar-refractivity contribution in [2.75, 3.05) is 32.7 Å². The summed E-state index contributed by atoms with van der Waals surface area (Å²) in [5.41, 5.74) is 0. The quantitative estimate of drug-likeness (QED) is 0.651. The molecule has 88 valence electrons. The predicted octanol–water partition coefficient (Wildman–Crippen LogP) is -0.321. The van der Waals surface area contributed by atoms with Gasteiger partial charge in [0.2, 0.25) is 5.91 Å². The molecule has 0 aromatic rings. The number of carbonyl (C=O) groups excluding carboxylic acids is 1. The Morgan fingerprint density at radius 2 is 2.12 bits per heavy atom. The van der Waals surface area contributed by atoms with Crippen LogP contribution in [0.2, 0.25) is 0 Å². The van der Waals surface area contributed by atoms with E-state index in [-0.39, 0.29) is 12.0 Å². The molecule has 1 atom stereocenters. The van der Waals surface area contributed by atoms with E-state index in [1.807, 2.05) is 4.90 Å². The van der Waals surface area contributed by atoms with E-state index < -0.39 is 0 Å². The van der Waals surface area contributed by atoms with Gasteiger partial charge in [0.15, 0.2) is 0 Å². The molecule has 2 aliphatic heterocycles. The van der Waals surface area contributed by atoms with Crippen LogP contribution in [0.5, 0.6) is 0 Å². The molecule has 2 rings (SSSR count). The van der Waals surface area contributed by atoms with Gasteiger partial charge in [0.1, 0.15) is 0 Å². The molecule has 4 nitrogen and oxygen atoms in total. The van der Waals surface area contributed by atoms with Crippen molar-refractivity contribution in [3.8, 4) is 11.8 Å². The van der Waals surface area contributed by atoms with Crippen molar-refractivity contribution in [1.82, 2.24) is 9.80 Å². The number of amides is 1. The molecule has 1 N–H and O–H groups in total. The zero-order valence-electron chi connectivity index (χ0n) is 9.48. The predicted molar refractivity (Wildman–Crippen MR) is 60.7 cm³/mol. The van der Waals surface area contributed by atoms with E-state index in [2.05, 4.69) is 16.7 Å². The highest BCUT2D eigenvalue weighted by Gasteiger charge is 2.19. The molecule has 0 bridgehead atoms. The van der Waals surface area contributed by atoms with E-state index in [0.29, 0.717) is 19.5 Å². The molecule has 0 aromatic heterocycles. The molecule has 1 amide bonds. The van der Waals surface area contributed by atoms with E-state index in [1.54, 1.807) is 0 Å². The third-order valence-corrected chi connectivity index (χ3v) is 3.12. The lowest BCUT2D eigenvalue weighted by atomic mass is 10.3. The van der Waals surface area contributed by atoms with Gasteiger partial charge in [0.05, 0.1) is 19.2 Å². The van der Waals surface area contributed by atoms with Crippen LogP contribution in [0.25, 0.3) is 0 Å². The van der Waals surface area contributed by atoms with Crippen molar-refractivity contribution >= 4 is 5.91 Å². The molecule has 0 radical (unpaired) electrons. The number of hydrogen-bond donors (Lipinski definition) is 1. The lowest BCUT2D eigenvalue weighted by Gasteiger charge is -2.11. The monoisotopic (exact) mass is 222 g/mol. The number of likely N-dealkylation sites (tertiary alicyclic amines) is 2. The van der Waals surface area contributed by atoms with Crippen LogP contribution in [-0.4, -0.2) is 59.6 Å². The van der Waals surface area contributed by atoms with E-state index in [1.165, 1.54) is 0 Å². The number of aliphatic hydroxyl groups excluding tert-OH is 1. The topological polar surface area (TPSA) is 43.8 Å². The number of nitrogens with zero attached hydrogens (tertiary/aromatic N) is 2. The van der Waals surface area contributed by atoms with Gasteiger partial charge >= 0.3 is 0 Å². The highest BCUT2D eigenvalue weighted by molar-refractivity contribution is 5.78. The van der Waals surface area contributed by atoms with Gasteiger partial charge in [-0.05, 0) is 12.8 Å². The SMILES string of the molecule is O=C1CCCN1CC#CCN1CCC(O)C1. The minimum atomic E-state index is -0.179. The van der Waals surface area contributed by atoms with Gasteiger partial charge in [0, 0.05) is 26.1 Å². The molecular weight excluding hydrogens is 204 g/mol. The van der Waals surface area contributed by atoms with E-state index >= 15 is 0 Å². The van der Waals surface area contributed by atoms with Gasteiger partial charge in [-0.25, -0.2) is 0 Å². The molecule has 2 fully saturated rings. The standard InChI is InChI=1S/C12H18N2O2/c15-11-5-9-13(10-11)6-1-2-7-14-8-3-4-12(14)16/h11,15H,3-10H2. The fraction of sp³-hybridized carbons (Fsp3) is 0.750. The molecule has 2 saturated heterocycles. The van der Waals surface area contributed by atoms with Crippen molar-refractivity contribution < 1.29 is 9.90 Å². The van der Waals surface area contributed by atoms with Crippen molar-refractivity contribution in [2.24, 2.45) is 0 Å². The third-order valence-electron chi connectivity index (χ3n) is 3.12. The van der Waals surface area contributed by atoms with Gasteiger partial charge in [-0.3, -0.25) is 9.69 Å². The summed E-state index contributed by atoms with van der Waals surface area (Å²) in [6.45, 7) is 3.79. The minimum Gasteiger partial charge on any atom is -0.392 e. The maximum atomic E-state index is 11.3. The van der Waals surface area contributed by atoms with Gasteiger partial charge in [0.25, 0.3) is 0 Å². The second-order valence-electron chi connectivity index (χ2n) is 4.45. The number of rotatable bonds is 2. The summed E-state index contributed by atoms with van der Waals surface area (Å²) in [7, 11) is 0. The normalized spacial score (nSPS) is 25.9. The van der Waals surface area contributed by atoms with Crippen molar-refractivity contribution in [2.45, 2.75) is 25.4 Å². The Morgan fingerprint density at radius 1 is 1.31 bits per heavy atom. The Kier molecular flexibility index (Phi) is 3.81. The van der Waals surface area contributed by atoms with Gasteiger partial charge in [-0.1, -0.05) is 11.8 Å². The Balaban J connectivity index is 1.68. The molecule has 2 heterocycles. The van der Waals surface area contributed by atoms with Crippen LogP contribution in [0.3, 0.4) is 0 Å². The fourth-order valence-electron chi connectivity index (χ4n) is 2.15. The third kappa shape index (κ3) is 2.97. The molecule has 16 heavy (non-hydrogen) atoms. The smallest absolute Gasteiger partial charge is 0.223 e. The zero-order chi connectivity index (χ0) is 11.4. The average Bonchev–Trinajstić information content (AvgIpc) is 2.83. The van der Waals surface area contributed by atoms with Gasteiger partial charge < -0.3 is 10.0 Å². The van der Waals surface area contributed by atoms with Crippen molar-refractivity contribution in [3.05, 3.63) is 0 Å². The number of hydrogen-bond acceptors (Lipinski definition) is 3. The fourth-order valence-corrected chi connectivity index (χ4v) is 2.15. The molecule has 0 saturated carbocycles. The maximum Gasteiger partial charge on any atom is 0.223 e. The summed E-state index contributed by atoms with van der Waals surface area (Å²) in [6.07, 6.45) is 2.33. The molecule has 1 unspecified atom stereocenters. The van der Waals surface area contributed by atoms with Crippen molar-refractivity contribution in [1.29, 1.82) is 0 Å². The summed E-state index contributed by atoms with van der Waals surface area (Å²) in [4.78, 5) is 15.2. The molecular formula is C12H18N2O2. The van der Waals surface area contributed by atoms with Gasteiger partial charge in [-0.15, -0.1) is 0 Å². The molecule has 0 spiro atoms. The largest absolute Gasteiger partial charge is 0.392 e. The highest BCUT2D eigenvalue weighted by atomic mass is 16.3. The van der Waals surface area contributed by atoms with Crippen LogP contribution in [-0.2, 0) is 4.79 Å². The Bertz CT molecular complexity index is 319. The maximum absolute atomic E-state index is 11.3. The number of aliphatic hydroxyl groups is 1. The number of carbonyl (C=O) groups is 1. The Hall–Kier alpha value is -1.05. The second kappa shape index (κ2) is 5.33. The Morgan fingerprint density at radius 3 is 2.75 bits per heavy atom. The molecule has 4 heteroatoms. The zero-order valence-corrected chi connectivity index (χ0v) is 9.48.